The molecule has 1 aromatic heterocycles. The highest BCUT2D eigenvalue weighted by molar-refractivity contribution is 7.99. The molecule has 0 atom stereocenters. The van der Waals surface area contributed by atoms with Crippen LogP contribution in [0.4, 0.5) is 0 Å². The number of thioether (sulfide) groups is 1. The molecule has 3 aromatic carbocycles. The number of hydrogen-bond acceptors (Lipinski definition) is 6. The lowest BCUT2D eigenvalue weighted by atomic mass is 10.1. The molecule has 2 N–H and O–H groups in total. The molecule has 0 bridgehead atoms. The van der Waals surface area contributed by atoms with Crippen LogP contribution >= 0.6 is 11.8 Å². The number of fused-ring (bicyclic) bond motifs is 1. The lowest BCUT2D eigenvalue weighted by molar-refractivity contribution is 0.102. The van der Waals surface area contributed by atoms with Crippen LogP contribution in [0.25, 0.3) is 16.6 Å². The van der Waals surface area contributed by atoms with Crippen molar-refractivity contribution in [3.8, 4) is 17.2 Å². The first kappa shape index (κ1) is 19.7. The van der Waals surface area contributed by atoms with Gasteiger partial charge < -0.3 is 10.2 Å². The van der Waals surface area contributed by atoms with Gasteiger partial charge in [-0.1, -0.05) is 41.6 Å². The molecule has 0 amide bonds. The van der Waals surface area contributed by atoms with Crippen molar-refractivity contribution in [1.29, 1.82) is 0 Å². The van der Waals surface area contributed by atoms with Crippen LogP contribution in [0.5, 0.6) is 11.5 Å². The number of rotatable bonds is 5. The Bertz CT molecular complexity index is 1310. The van der Waals surface area contributed by atoms with Crippen LogP contribution in [-0.2, 0) is 0 Å². The van der Waals surface area contributed by atoms with Gasteiger partial charge in [0.25, 0.3) is 5.56 Å². The standard InChI is InChI=1S/C23H18N2O4S/c1-14-6-9-16(10-7-14)25-22(29)17-4-2-3-5-18(17)24-23(25)30-13-21(28)15-8-11-19(26)20(27)12-15/h2-12,26-27H,13H2,1H3. The Balaban J connectivity index is 1.74. The van der Waals surface area contributed by atoms with Gasteiger partial charge >= 0.3 is 0 Å². The Morgan fingerprint density at radius 1 is 1.00 bits per heavy atom. The van der Waals surface area contributed by atoms with Crippen molar-refractivity contribution in [3.63, 3.8) is 0 Å². The number of phenolic OH excluding ortho intramolecular Hbond substituents is 2. The SMILES string of the molecule is Cc1ccc(-n2c(SCC(=O)c3ccc(O)c(O)c3)nc3ccccc3c2=O)cc1. The molecule has 0 radical (unpaired) electrons. The summed E-state index contributed by atoms with van der Waals surface area (Å²) in [4.78, 5) is 30.4. The molecule has 0 saturated carbocycles. The summed E-state index contributed by atoms with van der Waals surface area (Å²) >= 11 is 1.15. The average molecular weight is 418 g/mol. The molecule has 7 heteroatoms. The number of para-hydroxylation sites is 1. The number of aromatic hydroxyl groups is 2. The van der Waals surface area contributed by atoms with E-state index in [1.165, 1.54) is 22.8 Å². The van der Waals surface area contributed by atoms with Crippen molar-refractivity contribution >= 4 is 28.4 Å². The summed E-state index contributed by atoms with van der Waals surface area (Å²) in [5.41, 5.74) is 2.35. The van der Waals surface area contributed by atoms with E-state index in [0.717, 1.165) is 17.3 Å². The summed E-state index contributed by atoms with van der Waals surface area (Å²) in [6.07, 6.45) is 0. The van der Waals surface area contributed by atoms with Crippen LogP contribution in [-0.4, -0.2) is 31.3 Å². The number of aryl methyl sites for hydroxylation is 1. The summed E-state index contributed by atoms with van der Waals surface area (Å²) in [6.45, 7) is 1.96. The van der Waals surface area contributed by atoms with Crippen molar-refractivity contribution in [1.82, 2.24) is 9.55 Å². The van der Waals surface area contributed by atoms with E-state index in [1.54, 1.807) is 18.2 Å². The average Bonchev–Trinajstić information content (AvgIpc) is 2.75. The lowest BCUT2D eigenvalue weighted by Crippen LogP contribution is -2.22. The summed E-state index contributed by atoms with van der Waals surface area (Å²) in [5, 5.41) is 20.0. The van der Waals surface area contributed by atoms with Gasteiger partial charge in [-0.25, -0.2) is 4.98 Å². The minimum absolute atomic E-state index is 0.0147. The first-order chi connectivity index (χ1) is 14.4. The number of nitrogens with zero attached hydrogens (tertiary/aromatic N) is 2. The summed E-state index contributed by atoms with van der Waals surface area (Å²) in [7, 11) is 0. The van der Waals surface area contributed by atoms with E-state index in [2.05, 4.69) is 4.98 Å². The molecule has 0 aliphatic rings. The van der Waals surface area contributed by atoms with E-state index in [1.807, 2.05) is 37.3 Å². The van der Waals surface area contributed by atoms with Gasteiger partial charge in [-0.05, 0) is 49.4 Å². The van der Waals surface area contributed by atoms with Gasteiger partial charge in [0.1, 0.15) is 0 Å². The van der Waals surface area contributed by atoms with E-state index in [9.17, 15) is 19.8 Å². The molecule has 0 spiro atoms. The quantitative estimate of drug-likeness (QED) is 0.220. The zero-order valence-corrected chi connectivity index (χ0v) is 16.9. The second kappa shape index (κ2) is 8.04. The fraction of sp³-hybridized carbons (Fsp3) is 0.0870. The topological polar surface area (TPSA) is 92.4 Å². The maximum absolute atomic E-state index is 13.2. The second-order valence-electron chi connectivity index (χ2n) is 6.80. The highest BCUT2D eigenvalue weighted by Crippen LogP contribution is 2.27. The minimum atomic E-state index is -0.355. The predicted molar refractivity (Wildman–Crippen MR) is 117 cm³/mol. The minimum Gasteiger partial charge on any atom is -0.504 e. The third kappa shape index (κ3) is 3.79. The maximum atomic E-state index is 13.2. The van der Waals surface area contributed by atoms with Crippen LogP contribution in [0.15, 0.2) is 76.7 Å². The first-order valence-corrected chi connectivity index (χ1v) is 10.2. The number of aromatic nitrogens is 2. The van der Waals surface area contributed by atoms with Gasteiger partial charge in [-0.3, -0.25) is 14.2 Å². The number of carbonyl (C=O) groups excluding carboxylic acids is 1. The van der Waals surface area contributed by atoms with Gasteiger partial charge in [-0.2, -0.15) is 0 Å². The highest BCUT2D eigenvalue weighted by Gasteiger charge is 2.16. The second-order valence-corrected chi connectivity index (χ2v) is 7.75. The summed E-state index contributed by atoms with van der Waals surface area (Å²) < 4.78 is 1.51. The molecular weight excluding hydrogens is 400 g/mol. The highest BCUT2D eigenvalue weighted by atomic mass is 32.2. The summed E-state index contributed by atoms with van der Waals surface area (Å²) in [5.74, 6) is -0.885. The molecule has 4 rings (SSSR count). The number of Topliss-reactive ketones (excluding diaryl/α,β-unsaturated/α-hetero) is 1. The van der Waals surface area contributed by atoms with E-state index < -0.39 is 0 Å². The molecule has 0 fully saturated rings. The van der Waals surface area contributed by atoms with Gasteiger partial charge in [0.05, 0.1) is 22.3 Å². The normalized spacial score (nSPS) is 11.0. The van der Waals surface area contributed by atoms with Crippen LogP contribution in [0, 0.1) is 6.92 Å². The van der Waals surface area contributed by atoms with E-state index in [-0.39, 0.29) is 34.2 Å². The first-order valence-electron chi connectivity index (χ1n) is 9.21. The Morgan fingerprint density at radius 3 is 2.47 bits per heavy atom. The monoisotopic (exact) mass is 418 g/mol. The Labute approximate surface area is 176 Å². The van der Waals surface area contributed by atoms with E-state index >= 15 is 0 Å². The largest absolute Gasteiger partial charge is 0.504 e. The smallest absolute Gasteiger partial charge is 0.266 e. The Hall–Kier alpha value is -3.58. The van der Waals surface area contributed by atoms with Crippen molar-refractivity contribution in [2.24, 2.45) is 0 Å². The third-order valence-electron chi connectivity index (χ3n) is 4.67. The number of hydrogen-bond donors (Lipinski definition) is 2. The van der Waals surface area contributed by atoms with Crippen molar-refractivity contribution in [3.05, 3.63) is 88.2 Å². The van der Waals surface area contributed by atoms with Crippen LogP contribution in [0.3, 0.4) is 0 Å². The predicted octanol–water partition coefficient (Wildman–Crippen LogP) is 4.08. The Kier molecular flexibility index (Phi) is 5.29. The van der Waals surface area contributed by atoms with Crippen molar-refractivity contribution in [2.75, 3.05) is 5.75 Å². The number of ketones is 1. The van der Waals surface area contributed by atoms with Gasteiger partial charge in [0.2, 0.25) is 0 Å². The third-order valence-corrected chi connectivity index (χ3v) is 5.61. The fourth-order valence-corrected chi connectivity index (χ4v) is 3.95. The maximum Gasteiger partial charge on any atom is 0.266 e. The molecule has 0 aliphatic carbocycles. The van der Waals surface area contributed by atoms with Crippen LogP contribution in [0.2, 0.25) is 0 Å². The lowest BCUT2D eigenvalue weighted by Gasteiger charge is -2.13. The Morgan fingerprint density at radius 2 is 1.73 bits per heavy atom. The molecule has 4 aromatic rings. The zero-order chi connectivity index (χ0) is 21.3. The molecule has 30 heavy (non-hydrogen) atoms. The molecule has 1 heterocycles. The molecule has 150 valence electrons. The molecule has 0 unspecified atom stereocenters. The number of benzene rings is 3. The number of carbonyl (C=O) groups is 1. The number of phenols is 2. The van der Waals surface area contributed by atoms with Crippen molar-refractivity contribution in [2.45, 2.75) is 12.1 Å². The zero-order valence-electron chi connectivity index (χ0n) is 16.1. The molecule has 0 aliphatic heterocycles. The van der Waals surface area contributed by atoms with Crippen LogP contribution in [0.1, 0.15) is 15.9 Å². The molecular formula is C23H18N2O4S. The summed E-state index contributed by atoms with van der Waals surface area (Å²) in [6, 6.07) is 18.5. The van der Waals surface area contributed by atoms with Gasteiger partial charge in [0, 0.05) is 5.56 Å². The van der Waals surface area contributed by atoms with E-state index in [4.69, 9.17) is 0 Å². The molecule has 0 saturated heterocycles. The van der Waals surface area contributed by atoms with Gasteiger partial charge in [0.15, 0.2) is 22.4 Å². The van der Waals surface area contributed by atoms with Crippen LogP contribution < -0.4 is 5.56 Å². The van der Waals surface area contributed by atoms with Gasteiger partial charge in [-0.15, -0.1) is 0 Å². The van der Waals surface area contributed by atoms with E-state index in [0.29, 0.717) is 21.7 Å². The fourth-order valence-electron chi connectivity index (χ4n) is 3.04. The molecule has 6 nitrogen and oxygen atoms in total. The van der Waals surface area contributed by atoms with Crippen molar-refractivity contribution < 1.29 is 15.0 Å².